The predicted octanol–water partition coefficient (Wildman–Crippen LogP) is 0.500. The molecule has 4 N–H and O–H groups in total. The van der Waals surface area contributed by atoms with Gasteiger partial charge in [-0.05, 0) is 18.4 Å². The van der Waals surface area contributed by atoms with Gasteiger partial charge in [0, 0.05) is 18.0 Å². The summed E-state index contributed by atoms with van der Waals surface area (Å²) in [5, 5.41) is 13.3. The van der Waals surface area contributed by atoms with E-state index in [9.17, 15) is 0 Å². The smallest absolute Gasteiger partial charge is 0.145 e. The molecule has 0 aromatic carbocycles. The second-order valence-corrected chi connectivity index (χ2v) is 2.92. The normalized spacial score (nSPS) is 10.5. The monoisotopic (exact) mass is 177 g/mol. The van der Waals surface area contributed by atoms with Crippen molar-refractivity contribution >= 4 is 5.82 Å². The zero-order valence-corrected chi connectivity index (χ0v) is 7.12. The van der Waals surface area contributed by atoms with E-state index in [0.717, 1.165) is 18.5 Å². The zero-order chi connectivity index (χ0) is 9.10. The highest BCUT2D eigenvalue weighted by Gasteiger charge is 1.99. The number of nitrogen functional groups attached to an aromatic ring is 1. The van der Waals surface area contributed by atoms with Crippen LogP contribution in [0.15, 0.2) is 18.5 Å². The lowest BCUT2D eigenvalue weighted by molar-refractivity contribution is 0.894. The van der Waals surface area contributed by atoms with E-state index in [1.165, 1.54) is 5.56 Å². The van der Waals surface area contributed by atoms with Gasteiger partial charge in [-0.15, -0.1) is 0 Å². The predicted molar refractivity (Wildman–Crippen MR) is 49.0 cm³/mol. The Hall–Kier alpha value is -1.78. The van der Waals surface area contributed by atoms with E-state index in [1.54, 1.807) is 0 Å². The van der Waals surface area contributed by atoms with Crippen molar-refractivity contribution in [3.05, 3.63) is 29.7 Å². The molecular formula is C8H11N5. The molecule has 0 aliphatic heterocycles. The minimum Gasteiger partial charge on any atom is -0.382 e. The third kappa shape index (κ3) is 1.87. The van der Waals surface area contributed by atoms with Crippen molar-refractivity contribution in [1.82, 2.24) is 20.4 Å². The Kier molecular flexibility index (Phi) is 1.99. The molecule has 2 aromatic heterocycles. The van der Waals surface area contributed by atoms with Gasteiger partial charge in [0.25, 0.3) is 0 Å². The van der Waals surface area contributed by atoms with Crippen LogP contribution in [-0.4, -0.2) is 20.4 Å². The third-order valence-corrected chi connectivity index (χ3v) is 1.89. The topological polar surface area (TPSA) is 83.4 Å². The number of rotatable bonds is 3. The molecule has 5 nitrogen and oxygen atoms in total. The van der Waals surface area contributed by atoms with Gasteiger partial charge < -0.3 is 5.73 Å². The summed E-state index contributed by atoms with van der Waals surface area (Å²) in [6.07, 6.45) is 5.56. The summed E-state index contributed by atoms with van der Waals surface area (Å²) in [4.78, 5) is 0. The van der Waals surface area contributed by atoms with Crippen LogP contribution in [0.3, 0.4) is 0 Å². The van der Waals surface area contributed by atoms with Gasteiger partial charge >= 0.3 is 0 Å². The second-order valence-electron chi connectivity index (χ2n) is 2.92. The van der Waals surface area contributed by atoms with Gasteiger partial charge in [-0.1, -0.05) is 0 Å². The number of H-pyrrole nitrogens is 2. The molecule has 0 saturated heterocycles. The molecule has 68 valence electrons. The summed E-state index contributed by atoms with van der Waals surface area (Å²) < 4.78 is 0. The summed E-state index contributed by atoms with van der Waals surface area (Å²) in [6.45, 7) is 0. The van der Waals surface area contributed by atoms with Crippen LogP contribution in [-0.2, 0) is 12.8 Å². The Morgan fingerprint density at radius 3 is 2.92 bits per heavy atom. The number of hydrogen-bond donors (Lipinski definition) is 3. The minimum absolute atomic E-state index is 0.544. The quantitative estimate of drug-likeness (QED) is 0.638. The van der Waals surface area contributed by atoms with Crippen molar-refractivity contribution in [2.24, 2.45) is 0 Å². The fraction of sp³-hybridized carbons (Fsp3) is 0.250. The molecule has 0 atom stereocenters. The molecule has 5 heteroatoms. The molecule has 0 bridgehead atoms. The van der Waals surface area contributed by atoms with Gasteiger partial charge in [0.05, 0.1) is 6.20 Å². The van der Waals surface area contributed by atoms with Crippen LogP contribution in [0.5, 0.6) is 0 Å². The molecule has 0 saturated carbocycles. The van der Waals surface area contributed by atoms with E-state index in [1.807, 2.05) is 18.5 Å². The van der Waals surface area contributed by atoms with E-state index in [0.29, 0.717) is 5.82 Å². The number of aryl methyl sites for hydroxylation is 2. The van der Waals surface area contributed by atoms with Gasteiger partial charge in [0.2, 0.25) is 0 Å². The standard InChI is InChI=1S/C8H11N5/c9-8-3-7(12-13-8)2-1-6-4-10-11-5-6/h3-5H,1-2H2,(H,10,11)(H3,9,12,13). The van der Waals surface area contributed by atoms with Crippen LogP contribution in [0, 0.1) is 0 Å². The number of anilines is 1. The summed E-state index contributed by atoms with van der Waals surface area (Å²) in [5.74, 6) is 0.544. The first-order valence-corrected chi connectivity index (χ1v) is 4.12. The Labute approximate surface area is 75.4 Å². The Morgan fingerprint density at radius 1 is 1.38 bits per heavy atom. The highest BCUT2D eigenvalue weighted by atomic mass is 15.2. The van der Waals surface area contributed by atoms with E-state index in [2.05, 4.69) is 20.4 Å². The highest BCUT2D eigenvalue weighted by molar-refractivity contribution is 5.28. The highest BCUT2D eigenvalue weighted by Crippen LogP contribution is 2.05. The molecule has 2 heterocycles. The lowest BCUT2D eigenvalue weighted by Gasteiger charge is -1.92. The molecule has 0 aliphatic carbocycles. The number of nitrogens with two attached hydrogens (primary N) is 1. The third-order valence-electron chi connectivity index (χ3n) is 1.89. The molecule has 13 heavy (non-hydrogen) atoms. The van der Waals surface area contributed by atoms with Gasteiger partial charge in [0.1, 0.15) is 5.82 Å². The van der Waals surface area contributed by atoms with Crippen LogP contribution < -0.4 is 5.73 Å². The molecule has 0 spiro atoms. The van der Waals surface area contributed by atoms with Crippen molar-refractivity contribution < 1.29 is 0 Å². The van der Waals surface area contributed by atoms with E-state index in [-0.39, 0.29) is 0 Å². The minimum atomic E-state index is 0.544. The molecule has 0 unspecified atom stereocenters. The lowest BCUT2D eigenvalue weighted by atomic mass is 10.1. The SMILES string of the molecule is Nc1cc(CCc2cn[nH]c2)[nH]n1. The molecule has 0 radical (unpaired) electrons. The molecule has 0 amide bonds. The fourth-order valence-electron chi connectivity index (χ4n) is 1.20. The average Bonchev–Trinajstić information content (AvgIpc) is 2.71. The number of nitrogens with one attached hydrogen (secondary N) is 2. The lowest BCUT2D eigenvalue weighted by Crippen LogP contribution is -1.89. The molecule has 2 aromatic rings. The first kappa shape index (κ1) is 7.85. The largest absolute Gasteiger partial charge is 0.382 e. The van der Waals surface area contributed by atoms with Crippen LogP contribution in [0.25, 0.3) is 0 Å². The Balaban J connectivity index is 1.93. The van der Waals surface area contributed by atoms with E-state index < -0.39 is 0 Å². The summed E-state index contributed by atoms with van der Waals surface area (Å²) >= 11 is 0. The Morgan fingerprint density at radius 2 is 2.31 bits per heavy atom. The number of aromatic amines is 2. The van der Waals surface area contributed by atoms with Gasteiger partial charge in [-0.2, -0.15) is 10.2 Å². The van der Waals surface area contributed by atoms with Crippen LogP contribution in [0.1, 0.15) is 11.3 Å². The van der Waals surface area contributed by atoms with E-state index in [4.69, 9.17) is 5.73 Å². The van der Waals surface area contributed by atoms with Crippen LogP contribution in [0.2, 0.25) is 0 Å². The Bertz CT molecular complexity index is 362. The van der Waals surface area contributed by atoms with Crippen LogP contribution in [0.4, 0.5) is 5.82 Å². The maximum absolute atomic E-state index is 5.47. The van der Waals surface area contributed by atoms with Gasteiger partial charge in [-0.25, -0.2) is 0 Å². The van der Waals surface area contributed by atoms with Crippen molar-refractivity contribution in [2.75, 3.05) is 5.73 Å². The van der Waals surface area contributed by atoms with Crippen molar-refractivity contribution in [3.63, 3.8) is 0 Å². The van der Waals surface area contributed by atoms with E-state index >= 15 is 0 Å². The zero-order valence-electron chi connectivity index (χ0n) is 7.12. The number of nitrogens with zero attached hydrogens (tertiary/aromatic N) is 2. The maximum Gasteiger partial charge on any atom is 0.145 e. The maximum atomic E-state index is 5.47. The van der Waals surface area contributed by atoms with Crippen molar-refractivity contribution in [1.29, 1.82) is 0 Å². The molecule has 0 aliphatic rings. The van der Waals surface area contributed by atoms with Gasteiger partial charge in [0.15, 0.2) is 0 Å². The van der Waals surface area contributed by atoms with Crippen molar-refractivity contribution in [2.45, 2.75) is 12.8 Å². The molecule has 0 fully saturated rings. The second kappa shape index (κ2) is 3.30. The van der Waals surface area contributed by atoms with Crippen LogP contribution >= 0.6 is 0 Å². The van der Waals surface area contributed by atoms with Crippen molar-refractivity contribution in [3.8, 4) is 0 Å². The first-order valence-electron chi connectivity index (χ1n) is 4.12. The number of aromatic nitrogens is 4. The molecular weight excluding hydrogens is 166 g/mol. The summed E-state index contributed by atoms with van der Waals surface area (Å²) in [6, 6.07) is 1.85. The fourth-order valence-corrected chi connectivity index (χ4v) is 1.20. The van der Waals surface area contributed by atoms with Gasteiger partial charge in [-0.3, -0.25) is 10.2 Å². The molecule has 2 rings (SSSR count). The summed E-state index contributed by atoms with van der Waals surface area (Å²) in [5.41, 5.74) is 7.71. The average molecular weight is 177 g/mol. The summed E-state index contributed by atoms with van der Waals surface area (Å²) in [7, 11) is 0. The first-order chi connectivity index (χ1) is 6.34. The number of hydrogen-bond acceptors (Lipinski definition) is 3.